The molecule has 0 radical (unpaired) electrons. The molecule has 1 nitrogen and oxygen atoms in total. The maximum atomic E-state index is 11.5. The molecule has 2 saturated carbocycles. The highest BCUT2D eigenvalue weighted by atomic mass is 35.5. The largest absolute Gasteiger partial charge is 0.299 e. The van der Waals surface area contributed by atoms with E-state index < -0.39 is 0 Å². The zero-order chi connectivity index (χ0) is 7.84. The third-order valence-electron chi connectivity index (χ3n) is 3.06. The fourth-order valence-corrected chi connectivity index (χ4v) is 2.75. The Balaban J connectivity index is 2.16. The highest BCUT2D eigenvalue weighted by Crippen LogP contribution is 2.39. The molecule has 0 N–H and O–H groups in total. The van der Waals surface area contributed by atoms with Crippen molar-refractivity contribution < 1.29 is 4.79 Å². The lowest BCUT2D eigenvalue weighted by molar-refractivity contribution is -0.131. The maximum absolute atomic E-state index is 11.5. The Hall–Kier alpha value is -0.0400. The summed E-state index contributed by atoms with van der Waals surface area (Å²) in [6.45, 7) is 0. The molecule has 2 bridgehead atoms. The minimum absolute atomic E-state index is 0.152. The number of halogens is 1. The van der Waals surface area contributed by atoms with Gasteiger partial charge in [0.25, 0.3) is 0 Å². The van der Waals surface area contributed by atoms with E-state index in [2.05, 4.69) is 0 Å². The first-order chi connectivity index (χ1) is 5.29. The minimum atomic E-state index is 0.152. The first-order valence-corrected chi connectivity index (χ1v) is 4.90. The van der Waals surface area contributed by atoms with Crippen LogP contribution >= 0.6 is 11.6 Å². The summed E-state index contributed by atoms with van der Waals surface area (Å²) in [5, 5.41) is 0.152. The van der Waals surface area contributed by atoms with Crippen LogP contribution in [0.3, 0.4) is 0 Å². The Kier molecular flexibility index (Phi) is 1.92. The summed E-state index contributed by atoms with van der Waals surface area (Å²) in [6.07, 6.45) is 5.48. The Morgan fingerprint density at radius 1 is 1.18 bits per heavy atom. The van der Waals surface area contributed by atoms with E-state index in [1.165, 1.54) is 6.42 Å². The second-order valence-corrected chi connectivity index (χ2v) is 4.29. The van der Waals surface area contributed by atoms with Gasteiger partial charge in [-0.2, -0.15) is 0 Å². The maximum Gasteiger partial charge on any atom is 0.140 e. The zero-order valence-corrected chi connectivity index (χ0v) is 7.31. The van der Waals surface area contributed by atoms with Gasteiger partial charge in [-0.15, -0.1) is 11.6 Å². The van der Waals surface area contributed by atoms with E-state index in [1.54, 1.807) is 0 Å². The molecular weight excluding hydrogens is 160 g/mol. The van der Waals surface area contributed by atoms with Crippen LogP contribution in [0.1, 0.15) is 32.1 Å². The third-order valence-corrected chi connectivity index (χ3v) is 3.59. The van der Waals surface area contributed by atoms with Gasteiger partial charge in [-0.3, -0.25) is 4.79 Å². The Labute approximate surface area is 72.1 Å². The van der Waals surface area contributed by atoms with Crippen molar-refractivity contribution in [1.82, 2.24) is 0 Å². The van der Waals surface area contributed by atoms with E-state index >= 15 is 0 Å². The van der Waals surface area contributed by atoms with Gasteiger partial charge in [0.05, 0.1) is 0 Å². The predicted molar refractivity (Wildman–Crippen MR) is 44.7 cm³/mol. The third kappa shape index (κ3) is 1.20. The van der Waals surface area contributed by atoms with Crippen LogP contribution in [-0.2, 0) is 4.79 Å². The minimum Gasteiger partial charge on any atom is -0.299 e. The van der Waals surface area contributed by atoms with Crippen LogP contribution in [0, 0.1) is 11.8 Å². The number of ketones is 1. The number of Topliss-reactive ketones (excluding diaryl/α,β-unsaturated/α-hetero) is 1. The normalized spacial score (nSPS) is 44.1. The first kappa shape index (κ1) is 7.60. The lowest BCUT2D eigenvalue weighted by Crippen LogP contribution is -2.38. The number of alkyl halides is 1. The second kappa shape index (κ2) is 2.78. The summed E-state index contributed by atoms with van der Waals surface area (Å²) >= 11 is 6.06. The number of carbonyl (C=O) groups excluding carboxylic acids is 1. The summed E-state index contributed by atoms with van der Waals surface area (Å²) in [5.74, 6) is 1.05. The lowest BCUT2D eigenvalue weighted by atomic mass is 9.71. The molecular formula is C9H13ClO. The molecule has 0 aromatic heterocycles. The number of rotatable bonds is 0. The molecule has 2 rings (SSSR count). The van der Waals surface area contributed by atoms with Gasteiger partial charge in [-0.1, -0.05) is 6.42 Å². The summed E-state index contributed by atoms with van der Waals surface area (Å²) in [6, 6.07) is 0. The number of hydrogen-bond donors (Lipinski definition) is 0. The van der Waals surface area contributed by atoms with Crippen LogP contribution in [-0.4, -0.2) is 11.2 Å². The topological polar surface area (TPSA) is 17.1 Å². The molecule has 0 aromatic carbocycles. The molecule has 1 unspecified atom stereocenters. The molecule has 0 aliphatic heterocycles. The molecule has 2 aliphatic carbocycles. The van der Waals surface area contributed by atoms with Crippen LogP contribution in [0.5, 0.6) is 0 Å². The van der Waals surface area contributed by atoms with Gasteiger partial charge in [0.1, 0.15) is 5.78 Å². The van der Waals surface area contributed by atoms with Crippen molar-refractivity contribution in [3.05, 3.63) is 0 Å². The van der Waals surface area contributed by atoms with Crippen molar-refractivity contribution in [1.29, 1.82) is 0 Å². The Morgan fingerprint density at radius 3 is 2.73 bits per heavy atom. The van der Waals surface area contributed by atoms with E-state index in [9.17, 15) is 4.79 Å². The van der Waals surface area contributed by atoms with Gasteiger partial charge in [-0.25, -0.2) is 0 Å². The molecule has 0 amide bonds. The molecule has 11 heavy (non-hydrogen) atoms. The van der Waals surface area contributed by atoms with Gasteiger partial charge in [0.2, 0.25) is 0 Å². The van der Waals surface area contributed by atoms with Gasteiger partial charge >= 0.3 is 0 Å². The molecule has 62 valence electrons. The fraction of sp³-hybridized carbons (Fsp3) is 0.889. The summed E-state index contributed by atoms with van der Waals surface area (Å²) in [7, 11) is 0. The molecule has 2 aliphatic rings. The van der Waals surface area contributed by atoms with Crippen molar-refractivity contribution >= 4 is 17.4 Å². The zero-order valence-electron chi connectivity index (χ0n) is 6.55. The van der Waals surface area contributed by atoms with E-state index in [4.69, 9.17) is 11.6 Å². The van der Waals surface area contributed by atoms with Gasteiger partial charge in [0.15, 0.2) is 0 Å². The van der Waals surface area contributed by atoms with Crippen molar-refractivity contribution in [2.75, 3.05) is 0 Å². The Bertz CT molecular complexity index is 178. The number of hydrogen-bond acceptors (Lipinski definition) is 1. The summed E-state index contributed by atoms with van der Waals surface area (Å²) < 4.78 is 0. The fourth-order valence-electron chi connectivity index (χ4n) is 2.38. The van der Waals surface area contributed by atoms with Gasteiger partial charge in [0, 0.05) is 17.2 Å². The van der Waals surface area contributed by atoms with E-state index in [0.717, 1.165) is 25.7 Å². The highest BCUT2D eigenvalue weighted by molar-refractivity contribution is 6.22. The van der Waals surface area contributed by atoms with E-state index in [-0.39, 0.29) is 11.3 Å². The van der Waals surface area contributed by atoms with Crippen molar-refractivity contribution in [3.63, 3.8) is 0 Å². The highest BCUT2D eigenvalue weighted by Gasteiger charge is 2.39. The lowest BCUT2D eigenvalue weighted by Gasteiger charge is -2.35. The van der Waals surface area contributed by atoms with Crippen molar-refractivity contribution in [2.45, 2.75) is 37.5 Å². The molecule has 2 fully saturated rings. The molecule has 2 heteroatoms. The second-order valence-electron chi connectivity index (χ2n) is 3.73. The summed E-state index contributed by atoms with van der Waals surface area (Å²) in [5.41, 5.74) is 0. The van der Waals surface area contributed by atoms with E-state index in [1.807, 2.05) is 0 Å². The predicted octanol–water partition coefficient (Wildman–Crippen LogP) is 2.37. The van der Waals surface area contributed by atoms with E-state index in [0.29, 0.717) is 11.7 Å². The summed E-state index contributed by atoms with van der Waals surface area (Å²) in [4.78, 5) is 11.5. The standard InChI is InChI=1S/C9H13ClO/c10-8-5-4-6-2-1-3-7(8)9(6)11/h6-8H,1-5H2/t6-,7+,8?/m1/s1. The van der Waals surface area contributed by atoms with Crippen LogP contribution in [0.15, 0.2) is 0 Å². The molecule has 0 aromatic rings. The van der Waals surface area contributed by atoms with Crippen LogP contribution in [0.25, 0.3) is 0 Å². The van der Waals surface area contributed by atoms with Crippen molar-refractivity contribution in [2.24, 2.45) is 11.8 Å². The monoisotopic (exact) mass is 172 g/mol. The molecule has 0 saturated heterocycles. The average molecular weight is 173 g/mol. The molecule has 0 spiro atoms. The first-order valence-electron chi connectivity index (χ1n) is 4.47. The smallest absolute Gasteiger partial charge is 0.140 e. The quantitative estimate of drug-likeness (QED) is 0.513. The number of carbonyl (C=O) groups is 1. The SMILES string of the molecule is O=C1[C@@H]2CCC[C@H]1C(Cl)CC2. The molecule has 3 atom stereocenters. The van der Waals surface area contributed by atoms with Crippen molar-refractivity contribution in [3.8, 4) is 0 Å². The van der Waals surface area contributed by atoms with Gasteiger partial charge in [-0.05, 0) is 25.7 Å². The van der Waals surface area contributed by atoms with Crippen LogP contribution < -0.4 is 0 Å². The molecule has 0 heterocycles. The average Bonchev–Trinajstić information content (AvgIpc) is 1.98. The van der Waals surface area contributed by atoms with Gasteiger partial charge < -0.3 is 0 Å². The van der Waals surface area contributed by atoms with Crippen LogP contribution in [0.2, 0.25) is 0 Å². The number of fused-ring (bicyclic) bond motifs is 2. The van der Waals surface area contributed by atoms with Crippen LogP contribution in [0.4, 0.5) is 0 Å². The Morgan fingerprint density at radius 2 is 2.00 bits per heavy atom.